The van der Waals surface area contributed by atoms with Gasteiger partial charge in [-0.1, -0.05) is 18.2 Å². The number of methoxy groups -OCH3 is 2. The lowest BCUT2D eigenvalue weighted by molar-refractivity contribution is -0.120. The number of nitrogens with one attached hydrogen (secondary N) is 1. The molecule has 0 spiro atoms. The number of nitrogens with zero attached hydrogens (tertiary/aromatic N) is 1. The molecule has 0 saturated heterocycles. The molecular formula is C18H20N2O3S. The molecule has 0 aliphatic carbocycles. The fourth-order valence-corrected chi connectivity index (χ4v) is 2.84. The minimum Gasteiger partial charge on any atom is -0.497 e. The number of carbonyl (C=O) groups excluding carboxylic acids is 1. The van der Waals surface area contributed by atoms with Gasteiger partial charge in [-0.3, -0.25) is 4.79 Å². The van der Waals surface area contributed by atoms with Gasteiger partial charge in [-0.25, -0.2) is 5.43 Å². The summed E-state index contributed by atoms with van der Waals surface area (Å²) in [5.41, 5.74) is 3.28. The van der Waals surface area contributed by atoms with Gasteiger partial charge in [0.1, 0.15) is 11.5 Å². The van der Waals surface area contributed by atoms with E-state index in [0.29, 0.717) is 11.5 Å². The van der Waals surface area contributed by atoms with Gasteiger partial charge in [0.05, 0.1) is 25.7 Å². The van der Waals surface area contributed by atoms with Crippen molar-refractivity contribution in [3.63, 3.8) is 0 Å². The van der Waals surface area contributed by atoms with E-state index in [2.05, 4.69) is 10.5 Å². The van der Waals surface area contributed by atoms with E-state index in [0.717, 1.165) is 10.5 Å². The second kappa shape index (κ2) is 8.98. The summed E-state index contributed by atoms with van der Waals surface area (Å²) in [6, 6.07) is 15.2. The Balaban J connectivity index is 1.96. The second-order valence-electron chi connectivity index (χ2n) is 4.92. The first-order chi connectivity index (χ1) is 11.6. The number of rotatable bonds is 7. The average Bonchev–Trinajstić information content (AvgIpc) is 2.62. The minimum absolute atomic E-state index is 0.165. The number of hydrogen-bond donors (Lipinski definition) is 1. The van der Waals surface area contributed by atoms with Crippen molar-refractivity contribution in [2.45, 2.75) is 17.1 Å². The van der Waals surface area contributed by atoms with Crippen LogP contribution in [-0.4, -0.2) is 31.6 Å². The third-order valence-corrected chi connectivity index (χ3v) is 4.35. The molecule has 2 rings (SSSR count). The number of hydrogen-bond acceptors (Lipinski definition) is 5. The Morgan fingerprint density at radius 1 is 1.17 bits per heavy atom. The first-order valence-corrected chi connectivity index (χ1v) is 8.28. The molecule has 0 aliphatic rings. The number of amides is 1. The van der Waals surface area contributed by atoms with Gasteiger partial charge in [-0.05, 0) is 37.3 Å². The van der Waals surface area contributed by atoms with E-state index in [1.807, 2.05) is 37.3 Å². The van der Waals surface area contributed by atoms with Crippen molar-refractivity contribution in [1.29, 1.82) is 0 Å². The zero-order valence-corrected chi connectivity index (χ0v) is 14.7. The van der Waals surface area contributed by atoms with Crippen LogP contribution in [0, 0.1) is 0 Å². The Kier molecular flexibility index (Phi) is 6.69. The van der Waals surface area contributed by atoms with Crippen LogP contribution in [0.25, 0.3) is 0 Å². The monoisotopic (exact) mass is 344 g/mol. The summed E-state index contributed by atoms with van der Waals surface area (Å²) in [5.74, 6) is 1.18. The summed E-state index contributed by atoms with van der Waals surface area (Å²) < 4.78 is 10.4. The Hall–Kier alpha value is -2.47. The summed E-state index contributed by atoms with van der Waals surface area (Å²) in [7, 11) is 3.17. The molecule has 1 amide bonds. The molecule has 1 atom stereocenters. The van der Waals surface area contributed by atoms with Crippen LogP contribution < -0.4 is 14.9 Å². The Labute approximate surface area is 146 Å². The van der Waals surface area contributed by atoms with E-state index in [-0.39, 0.29) is 11.2 Å². The maximum absolute atomic E-state index is 12.1. The van der Waals surface area contributed by atoms with Crippen molar-refractivity contribution in [2.75, 3.05) is 14.2 Å². The highest BCUT2D eigenvalue weighted by molar-refractivity contribution is 8.00. The second-order valence-corrected chi connectivity index (χ2v) is 6.33. The predicted molar refractivity (Wildman–Crippen MR) is 97.0 cm³/mol. The highest BCUT2D eigenvalue weighted by atomic mass is 32.2. The van der Waals surface area contributed by atoms with E-state index in [1.54, 1.807) is 38.6 Å². The molecule has 2 aromatic carbocycles. The molecule has 0 aromatic heterocycles. The topological polar surface area (TPSA) is 59.9 Å². The third-order valence-electron chi connectivity index (χ3n) is 3.24. The van der Waals surface area contributed by atoms with Gasteiger partial charge in [0.25, 0.3) is 5.91 Å². The van der Waals surface area contributed by atoms with E-state index < -0.39 is 0 Å². The minimum atomic E-state index is -0.253. The molecule has 6 heteroatoms. The summed E-state index contributed by atoms with van der Waals surface area (Å²) >= 11 is 1.48. The standard InChI is InChI=1S/C18H20N2O3S/c1-13(24-16-7-5-4-6-8-16)18(21)20-19-12-14-11-15(22-2)9-10-17(14)23-3/h4-13H,1-3H3,(H,20,21)/b19-12-/t13-/m0/s1. The van der Waals surface area contributed by atoms with Crippen LogP contribution >= 0.6 is 11.8 Å². The fourth-order valence-electron chi connectivity index (χ4n) is 1.95. The van der Waals surface area contributed by atoms with Gasteiger partial charge in [0.15, 0.2) is 0 Å². The van der Waals surface area contributed by atoms with Crippen LogP contribution in [0.4, 0.5) is 0 Å². The average molecular weight is 344 g/mol. The molecule has 0 aliphatic heterocycles. The van der Waals surface area contributed by atoms with Crippen LogP contribution in [0.5, 0.6) is 11.5 Å². The molecule has 5 nitrogen and oxygen atoms in total. The molecule has 2 aromatic rings. The van der Waals surface area contributed by atoms with Crippen LogP contribution in [0.3, 0.4) is 0 Å². The van der Waals surface area contributed by atoms with Gasteiger partial charge >= 0.3 is 0 Å². The molecular weight excluding hydrogens is 324 g/mol. The Morgan fingerprint density at radius 3 is 2.58 bits per heavy atom. The third kappa shape index (κ3) is 5.03. The van der Waals surface area contributed by atoms with Crippen LogP contribution in [-0.2, 0) is 4.79 Å². The number of thioether (sulfide) groups is 1. The summed E-state index contributed by atoms with van der Waals surface area (Å²) in [6.45, 7) is 1.84. The molecule has 0 saturated carbocycles. The van der Waals surface area contributed by atoms with Gasteiger partial charge in [0, 0.05) is 10.5 Å². The lowest BCUT2D eigenvalue weighted by Gasteiger charge is -2.09. The fraction of sp³-hybridized carbons (Fsp3) is 0.222. The Morgan fingerprint density at radius 2 is 1.92 bits per heavy atom. The molecule has 0 bridgehead atoms. The maximum atomic E-state index is 12.1. The van der Waals surface area contributed by atoms with Crippen molar-refractivity contribution >= 4 is 23.9 Å². The Bertz CT molecular complexity index is 705. The van der Waals surface area contributed by atoms with Crippen molar-refractivity contribution in [2.24, 2.45) is 5.10 Å². The van der Waals surface area contributed by atoms with E-state index in [9.17, 15) is 4.79 Å². The molecule has 0 fully saturated rings. The number of benzene rings is 2. The lowest BCUT2D eigenvalue weighted by Crippen LogP contribution is -2.26. The highest BCUT2D eigenvalue weighted by Crippen LogP contribution is 2.23. The van der Waals surface area contributed by atoms with Crippen molar-refractivity contribution < 1.29 is 14.3 Å². The summed E-state index contributed by atoms with van der Waals surface area (Å²) in [4.78, 5) is 13.2. The van der Waals surface area contributed by atoms with Crippen molar-refractivity contribution in [3.8, 4) is 11.5 Å². The first kappa shape index (κ1) is 17.9. The summed E-state index contributed by atoms with van der Waals surface area (Å²) in [5, 5.41) is 3.76. The SMILES string of the molecule is COc1ccc(OC)c(/C=N\NC(=O)[C@H](C)Sc2ccccc2)c1. The smallest absolute Gasteiger partial charge is 0.253 e. The zero-order valence-electron chi connectivity index (χ0n) is 13.9. The molecule has 1 N–H and O–H groups in total. The van der Waals surface area contributed by atoms with E-state index in [4.69, 9.17) is 9.47 Å². The van der Waals surface area contributed by atoms with Gasteiger partial charge in [-0.2, -0.15) is 5.10 Å². The molecule has 24 heavy (non-hydrogen) atoms. The molecule has 0 unspecified atom stereocenters. The number of ether oxygens (including phenoxy) is 2. The van der Waals surface area contributed by atoms with Gasteiger partial charge in [-0.15, -0.1) is 11.8 Å². The largest absolute Gasteiger partial charge is 0.497 e. The van der Waals surface area contributed by atoms with Crippen LogP contribution in [0.1, 0.15) is 12.5 Å². The molecule has 0 radical (unpaired) electrons. The lowest BCUT2D eigenvalue weighted by atomic mass is 10.2. The summed E-state index contributed by atoms with van der Waals surface area (Å²) in [6.07, 6.45) is 1.54. The van der Waals surface area contributed by atoms with Gasteiger partial charge < -0.3 is 9.47 Å². The normalized spacial score (nSPS) is 12.0. The van der Waals surface area contributed by atoms with E-state index in [1.165, 1.54) is 11.8 Å². The number of carbonyl (C=O) groups is 1. The van der Waals surface area contributed by atoms with Gasteiger partial charge in [0.2, 0.25) is 0 Å². The quantitative estimate of drug-likeness (QED) is 0.475. The highest BCUT2D eigenvalue weighted by Gasteiger charge is 2.13. The van der Waals surface area contributed by atoms with Crippen molar-refractivity contribution in [3.05, 3.63) is 54.1 Å². The first-order valence-electron chi connectivity index (χ1n) is 7.40. The molecule has 126 valence electrons. The van der Waals surface area contributed by atoms with E-state index >= 15 is 0 Å². The number of hydrazone groups is 1. The van der Waals surface area contributed by atoms with Crippen molar-refractivity contribution in [1.82, 2.24) is 5.43 Å². The van der Waals surface area contributed by atoms with Crippen LogP contribution in [0.15, 0.2) is 58.5 Å². The molecule has 0 heterocycles. The zero-order chi connectivity index (χ0) is 17.4. The van der Waals surface area contributed by atoms with Crippen LogP contribution in [0.2, 0.25) is 0 Å². The maximum Gasteiger partial charge on any atom is 0.253 e. The predicted octanol–water partition coefficient (Wildman–Crippen LogP) is 3.33.